The zero-order valence-electron chi connectivity index (χ0n) is 6.71. The Hall–Kier alpha value is -1.02. The summed E-state index contributed by atoms with van der Waals surface area (Å²) in [6.45, 7) is 2.69. The smallest absolute Gasteiger partial charge is 0.119 e. The molecule has 0 saturated carbocycles. The van der Waals surface area contributed by atoms with Gasteiger partial charge in [0, 0.05) is 12.1 Å². The summed E-state index contributed by atoms with van der Waals surface area (Å²) in [6, 6.07) is 7.86. The first-order valence-electron chi connectivity index (χ1n) is 3.72. The molecule has 1 rings (SSSR count). The topological polar surface area (TPSA) is 25.8 Å². The minimum absolute atomic E-state index is 0.716. The third kappa shape index (κ3) is 2.24. The number of benzene rings is 1. The summed E-state index contributed by atoms with van der Waals surface area (Å²) in [5.74, 6) is 0.915. The second-order valence-corrected chi connectivity index (χ2v) is 2.21. The average Bonchev–Trinajstić information content (AvgIpc) is 2.07. The maximum absolute atomic E-state index is 5.27. The molecule has 0 heterocycles. The van der Waals surface area contributed by atoms with E-state index in [9.17, 15) is 0 Å². The van der Waals surface area contributed by atoms with Gasteiger partial charge >= 0.3 is 0 Å². The van der Waals surface area contributed by atoms with Crippen LogP contribution in [0.5, 0.6) is 5.75 Å². The highest BCUT2D eigenvalue weighted by atomic mass is 16.5. The van der Waals surface area contributed by atoms with E-state index in [2.05, 4.69) is 7.05 Å². The fourth-order valence-electron chi connectivity index (χ4n) is 0.867. The summed E-state index contributed by atoms with van der Waals surface area (Å²) in [6.07, 6.45) is 0. The Morgan fingerprint density at radius 1 is 1.36 bits per heavy atom. The third-order valence-electron chi connectivity index (χ3n) is 1.43. The van der Waals surface area contributed by atoms with Gasteiger partial charge in [-0.1, -0.05) is 0 Å². The van der Waals surface area contributed by atoms with E-state index < -0.39 is 0 Å². The molecule has 2 nitrogen and oxygen atoms in total. The van der Waals surface area contributed by atoms with Crippen molar-refractivity contribution in [3.05, 3.63) is 31.3 Å². The summed E-state index contributed by atoms with van der Waals surface area (Å²) < 4.78 is 5.27. The van der Waals surface area contributed by atoms with Crippen LogP contribution in [0.2, 0.25) is 0 Å². The highest BCUT2D eigenvalue weighted by Gasteiger charge is 1.91. The van der Waals surface area contributed by atoms with E-state index in [0.717, 1.165) is 11.4 Å². The lowest BCUT2D eigenvalue weighted by atomic mass is 10.3. The molecule has 0 unspecified atom stereocenters. The summed E-state index contributed by atoms with van der Waals surface area (Å²) in [4.78, 5) is 0. The Bertz CT molecular complexity index is 205. The van der Waals surface area contributed by atoms with Gasteiger partial charge in [-0.15, -0.1) is 7.05 Å². The number of nitrogens with two attached hydrogens (primary N) is 1. The van der Waals surface area contributed by atoms with Crippen molar-refractivity contribution in [2.24, 2.45) is 0 Å². The SMILES string of the molecule is [CH2-][NH2+]c1ccc(OCC)cc1. The fourth-order valence-corrected chi connectivity index (χ4v) is 0.867. The first kappa shape index (κ1) is 8.08. The Kier molecular flexibility index (Phi) is 2.93. The summed E-state index contributed by atoms with van der Waals surface area (Å²) >= 11 is 0. The maximum atomic E-state index is 5.27. The van der Waals surface area contributed by atoms with Crippen molar-refractivity contribution in [2.75, 3.05) is 6.61 Å². The predicted molar refractivity (Wildman–Crippen MR) is 44.6 cm³/mol. The molecule has 0 aliphatic rings. The molecule has 2 heteroatoms. The van der Waals surface area contributed by atoms with E-state index >= 15 is 0 Å². The number of hydrogen-bond donors (Lipinski definition) is 1. The van der Waals surface area contributed by atoms with Crippen LogP contribution in [0.1, 0.15) is 6.92 Å². The van der Waals surface area contributed by atoms with Crippen LogP contribution in [0.25, 0.3) is 0 Å². The molecule has 0 spiro atoms. The summed E-state index contributed by atoms with van der Waals surface area (Å²) in [7, 11) is 3.67. The van der Waals surface area contributed by atoms with Gasteiger partial charge in [-0.05, 0) is 19.1 Å². The number of quaternary nitrogens is 1. The van der Waals surface area contributed by atoms with Crippen molar-refractivity contribution in [3.63, 3.8) is 0 Å². The molecule has 0 radical (unpaired) electrons. The molecule has 0 fully saturated rings. The normalized spacial score (nSPS) is 9.64. The Morgan fingerprint density at radius 3 is 2.45 bits per heavy atom. The lowest BCUT2D eigenvalue weighted by Gasteiger charge is -2.03. The van der Waals surface area contributed by atoms with Gasteiger partial charge in [0.2, 0.25) is 0 Å². The molecule has 60 valence electrons. The van der Waals surface area contributed by atoms with Crippen LogP contribution in [-0.2, 0) is 0 Å². The van der Waals surface area contributed by atoms with Gasteiger partial charge in [0.05, 0.1) is 6.61 Å². The minimum Gasteiger partial charge on any atom is -0.494 e. The predicted octanol–water partition coefficient (Wildman–Crippen LogP) is 1.07. The zero-order valence-corrected chi connectivity index (χ0v) is 6.71. The Balaban J connectivity index is 2.66. The average molecular weight is 151 g/mol. The van der Waals surface area contributed by atoms with Crippen LogP contribution in [0.15, 0.2) is 24.3 Å². The highest BCUT2D eigenvalue weighted by Crippen LogP contribution is 2.11. The molecular formula is C9H13NO. The van der Waals surface area contributed by atoms with Gasteiger partial charge in [0.15, 0.2) is 0 Å². The van der Waals surface area contributed by atoms with E-state index in [1.54, 1.807) is 0 Å². The quantitative estimate of drug-likeness (QED) is 0.507. The first-order chi connectivity index (χ1) is 5.36. The first-order valence-corrected chi connectivity index (χ1v) is 3.72. The second kappa shape index (κ2) is 3.98. The van der Waals surface area contributed by atoms with Gasteiger partial charge < -0.3 is 10.1 Å². The van der Waals surface area contributed by atoms with Gasteiger partial charge in [-0.25, -0.2) is 0 Å². The Morgan fingerprint density at radius 2 is 2.00 bits per heavy atom. The van der Waals surface area contributed by atoms with Crippen molar-refractivity contribution in [1.82, 2.24) is 0 Å². The standard InChI is InChI=1S/C9H13NO/c1-3-11-9-6-4-8(10-2)5-7-9/h4-7H,2-3,10H2,1H3. The van der Waals surface area contributed by atoms with Crippen molar-refractivity contribution >= 4 is 5.69 Å². The monoisotopic (exact) mass is 151 g/mol. The van der Waals surface area contributed by atoms with Gasteiger partial charge in [0.1, 0.15) is 11.4 Å². The van der Waals surface area contributed by atoms with Crippen LogP contribution >= 0.6 is 0 Å². The van der Waals surface area contributed by atoms with Gasteiger partial charge in [-0.2, -0.15) is 0 Å². The van der Waals surface area contributed by atoms with Crippen molar-refractivity contribution in [3.8, 4) is 5.75 Å². The molecule has 0 aliphatic heterocycles. The molecule has 0 aliphatic carbocycles. The zero-order chi connectivity index (χ0) is 8.10. The number of hydrogen-bond acceptors (Lipinski definition) is 1. The number of rotatable bonds is 3. The van der Waals surface area contributed by atoms with Crippen molar-refractivity contribution in [1.29, 1.82) is 0 Å². The Labute approximate surface area is 67.2 Å². The van der Waals surface area contributed by atoms with E-state index in [4.69, 9.17) is 4.74 Å². The number of ether oxygens (including phenoxy) is 1. The van der Waals surface area contributed by atoms with Crippen LogP contribution < -0.4 is 10.1 Å². The molecule has 1 aromatic carbocycles. The van der Waals surface area contributed by atoms with Crippen molar-refractivity contribution in [2.45, 2.75) is 6.92 Å². The fraction of sp³-hybridized carbons (Fsp3) is 0.222. The molecule has 1 aromatic rings. The van der Waals surface area contributed by atoms with Crippen molar-refractivity contribution < 1.29 is 10.1 Å². The highest BCUT2D eigenvalue weighted by molar-refractivity contribution is 5.35. The minimum atomic E-state index is 0.716. The van der Waals surface area contributed by atoms with Gasteiger partial charge in [-0.3, -0.25) is 0 Å². The summed E-state index contributed by atoms with van der Waals surface area (Å²) in [5, 5.41) is 1.82. The lowest BCUT2D eigenvalue weighted by molar-refractivity contribution is -0.504. The van der Waals surface area contributed by atoms with E-state index in [0.29, 0.717) is 6.61 Å². The van der Waals surface area contributed by atoms with Gasteiger partial charge in [0.25, 0.3) is 0 Å². The molecule has 0 aromatic heterocycles. The van der Waals surface area contributed by atoms with Crippen LogP contribution in [0.3, 0.4) is 0 Å². The molecule has 11 heavy (non-hydrogen) atoms. The molecular weight excluding hydrogens is 138 g/mol. The van der Waals surface area contributed by atoms with E-state index in [1.165, 1.54) is 0 Å². The van der Waals surface area contributed by atoms with E-state index in [-0.39, 0.29) is 0 Å². The van der Waals surface area contributed by atoms with Crippen LogP contribution in [0.4, 0.5) is 5.69 Å². The lowest BCUT2D eigenvalue weighted by Crippen LogP contribution is -2.69. The molecule has 0 atom stereocenters. The molecule has 2 N–H and O–H groups in total. The summed E-state index contributed by atoms with van der Waals surface area (Å²) in [5.41, 5.74) is 1.12. The third-order valence-corrected chi connectivity index (χ3v) is 1.43. The molecule has 0 bridgehead atoms. The van der Waals surface area contributed by atoms with Crippen LogP contribution in [0, 0.1) is 7.05 Å². The molecule has 0 amide bonds. The second-order valence-electron chi connectivity index (χ2n) is 2.21. The molecule has 0 saturated heterocycles. The maximum Gasteiger partial charge on any atom is 0.119 e. The van der Waals surface area contributed by atoms with E-state index in [1.807, 2.05) is 36.5 Å². The largest absolute Gasteiger partial charge is 0.494 e. The van der Waals surface area contributed by atoms with Crippen LogP contribution in [-0.4, -0.2) is 6.61 Å².